The van der Waals surface area contributed by atoms with Crippen LogP contribution in [-0.2, 0) is 27.3 Å². The van der Waals surface area contributed by atoms with Crippen molar-refractivity contribution in [1.29, 1.82) is 0 Å². The quantitative estimate of drug-likeness (QED) is 0.622. The predicted molar refractivity (Wildman–Crippen MR) is 55.6 cm³/mol. The first-order valence-corrected chi connectivity index (χ1v) is 6.20. The first-order chi connectivity index (χ1) is 7.76. The molecule has 0 unspecified atom stereocenters. The summed E-state index contributed by atoms with van der Waals surface area (Å²) in [6, 6.07) is 6.48. The summed E-state index contributed by atoms with van der Waals surface area (Å²) in [7, 11) is -5.51. The van der Waals surface area contributed by atoms with E-state index in [1.165, 1.54) is 12.1 Å². The summed E-state index contributed by atoms with van der Waals surface area (Å²) >= 11 is 0. The van der Waals surface area contributed by atoms with Crippen molar-refractivity contribution in [2.45, 2.75) is 25.5 Å². The highest BCUT2D eigenvalue weighted by Gasteiger charge is 2.47. The first-order valence-electron chi connectivity index (χ1n) is 4.80. The number of halogens is 3. The molecule has 0 amide bonds. The van der Waals surface area contributed by atoms with Crippen molar-refractivity contribution in [2.24, 2.45) is 0 Å². The molecule has 0 atom stereocenters. The van der Waals surface area contributed by atoms with Crippen molar-refractivity contribution in [3.8, 4) is 0 Å². The summed E-state index contributed by atoms with van der Waals surface area (Å²) in [5.41, 5.74) is -4.00. The molecule has 0 aliphatic rings. The zero-order valence-electron chi connectivity index (χ0n) is 8.99. The van der Waals surface area contributed by atoms with Gasteiger partial charge in [-0.25, -0.2) is 0 Å². The Morgan fingerprint density at radius 1 is 1.12 bits per heavy atom. The van der Waals surface area contributed by atoms with Gasteiger partial charge in [0.15, 0.2) is 0 Å². The molecule has 1 rings (SSSR count). The molecule has 0 N–H and O–H groups in total. The van der Waals surface area contributed by atoms with Crippen molar-refractivity contribution >= 4 is 10.1 Å². The lowest BCUT2D eigenvalue weighted by molar-refractivity contribution is -0.0547. The largest absolute Gasteiger partial charge is 0.523 e. The lowest BCUT2D eigenvalue weighted by atomic mass is 10.1. The van der Waals surface area contributed by atoms with Gasteiger partial charge in [0.2, 0.25) is 0 Å². The van der Waals surface area contributed by atoms with E-state index >= 15 is 0 Å². The van der Waals surface area contributed by atoms with Crippen LogP contribution in [0.3, 0.4) is 0 Å². The SMILES string of the molecule is CCc1ccc(COS(=O)(=O)C(F)(F)F)cc1. The van der Waals surface area contributed by atoms with Crippen molar-refractivity contribution in [1.82, 2.24) is 0 Å². The maximum Gasteiger partial charge on any atom is 0.523 e. The van der Waals surface area contributed by atoms with Gasteiger partial charge in [0.25, 0.3) is 0 Å². The van der Waals surface area contributed by atoms with Gasteiger partial charge in [-0.15, -0.1) is 0 Å². The van der Waals surface area contributed by atoms with Crippen LogP contribution in [0.5, 0.6) is 0 Å². The molecule has 1 aromatic carbocycles. The van der Waals surface area contributed by atoms with E-state index in [0.717, 1.165) is 12.0 Å². The number of hydrogen-bond acceptors (Lipinski definition) is 3. The van der Waals surface area contributed by atoms with E-state index in [4.69, 9.17) is 0 Å². The van der Waals surface area contributed by atoms with Crippen molar-refractivity contribution in [2.75, 3.05) is 0 Å². The molecule has 17 heavy (non-hydrogen) atoms. The summed E-state index contributed by atoms with van der Waals surface area (Å²) in [6.45, 7) is 1.31. The second-order valence-electron chi connectivity index (χ2n) is 3.33. The monoisotopic (exact) mass is 268 g/mol. The molecule has 0 fully saturated rings. The van der Waals surface area contributed by atoms with E-state index < -0.39 is 22.2 Å². The van der Waals surface area contributed by atoms with Crippen molar-refractivity contribution in [3.63, 3.8) is 0 Å². The van der Waals surface area contributed by atoms with Crippen LogP contribution < -0.4 is 0 Å². The highest BCUT2D eigenvalue weighted by molar-refractivity contribution is 7.87. The molecule has 0 aromatic heterocycles. The Hall–Kier alpha value is -1.08. The summed E-state index contributed by atoms with van der Waals surface area (Å²) < 4.78 is 60.9. The fourth-order valence-electron chi connectivity index (χ4n) is 1.08. The summed E-state index contributed by atoms with van der Waals surface area (Å²) in [6.07, 6.45) is 0.794. The smallest absolute Gasteiger partial charge is 0.258 e. The van der Waals surface area contributed by atoms with E-state index in [0.29, 0.717) is 5.56 Å². The predicted octanol–water partition coefficient (Wildman–Crippen LogP) is 2.62. The Morgan fingerprint density at radius 3 is 2.00 bits per heavy atom. The van der Waals surface area contributed by atoms with Gasteiger partial charge in [-0.3, -0.25) is 4.18 Å². The van der Waals surface area contributed by atoms with Gasteiger partial charge in [-0.1, -0.05) is 31.2 Å². The molecule has 0 bridgehead atoms. The van der Waals surface area contributed by atoms with Crippen LogP contribution in [0.15, 0.2) is 24.3 Å². The molecule has 0 aliphatic carbocycles. The molecule has 1 aromatic rings. The Morgan fingerprint density at radius 2 is 1.59 bits per heavy atom. The Kier molecular flexibility index (Phi) is 4.16. The van der Waals surface area contributed by atoms with Crippen LogP contribution in [0.4, 0.5) is 13.2 Å². The second kappa shape index (κ2) is 5.05. The summed E-state index contributed by atoms with van der Waals surface area (Å²) in [5.74, 6) is 0. The van der Waals surface area contributed by atoms with Gasteiger partial charge in [-0.2, -0.15) is 21.6 Å². The molecule has 3 nitrogen and oxygen atoms in total. The maximum absolute atomic E-state index is 11.9. The lowest BCUT2D eigenvalue weighted by Gasteiger charge is -2.08. The van der Waals surface area contributed by atoms with Crippen LogP contribution in [0.1, 0.15) is 18.1 Å². The van der Waals surface area contributed by atoms with Crippen molar-refractivity contribution < 1.29 is 25.8 Å². The maximum atomic E-state index is 11.9. The standard InChI is InChI=1S/C10H11F3O3S/c1-2-8-3-5-9(6-4-8)7-16-17(14,15)10(11,12)13/h3-6H,2,7H2,1H3. The number of alkyl halides is 3. The molecule has 0 heterocycles. The third-order valence-electron chi connectivity index (χ3n) is 2.10. The third kappa shape index (κ3) is 3.71. The van der Waals surface area contributed by atoms with Gasteiger partial charge >= 0.3 is 15.6 Å². The zero-order chi connectivity index (χ0) is 13.1. The average molecular weight is 268 g/mol. The lowest BCUT2D eigenvalue weighted by Crippen LogP contribution is -2.25. The second-order valence-corrected chi connectivity index (χ2v) is 4.94. The van der Waals surface area contributed by atoms with E-state index in [1.807, 2.05) is 6.92 Å². The molecule has 96 valence electrons. The minimum absolute atomic E-state index is 0.370. The fraction of sp³-hybridized carbons (Fsp3) is 0.400. The molecule has 0 radical (unpaired) electrons. The minimum atomic E-state index is -5.51. The molecule has 0 aliphatic heterocycles. The topological polar surface area (TPSA) is 43.4 Å². The van der Waals surface area contributed by atoms with Crippen LogP contribution in [-0.4, -0.2) is 13.9 Å². The number of rotatable bonds is 4. The molecule has 0 spiro atoms. The Balaban J connectivity index is 2.68. The number of hydrogen-bond donors (Lipinski definition) is 0. The van der Waals surface area contributed by atoms with Crippen LogP contribution in [0, 0.1) is 0 Å². The van der Waals surface area contributed by atoms with Gasteiger partial charge in [-0.05, 0) is 17.5 Å². The number of aryl methyl sites for hydroxylation is 1. The van der Waals surface area contributed by atoms with Crippen LogP contribution >= 0.6 is 0 Å². The third-order valence-corrected chi connectivity index (χ3v) is 3.09. The molecular formula is C10H11F3O3S. The Bertz CT molecular complexity index is 463. The van der Waals surface area contributed by atoms with Crippen LogP contribution in [0.2, 0.25) is 0 Å². The average Bonchev–Trinajstić information content (AvgIpc) is 2.25. The fourth-order valence-corrected chi connectivity index (χ4v) is 1.51. The van der Waals surface area contributed by atoms with Gasteiger partial charge in [0.05, 0.1) is 6.61 Å². The van der Waals surface area contributed by atoms with E-state index in [9.17, 15) is 21.6 Å². The Labute approximate surface area is 97.3 Å². The summed E-state index contributed by atoms with van der Waals surface area (Å²) in [5, 5.41) is 0. The molecule has 0 saturated heterocycles. The van der Waals surface area contributed by atoms with E-state index in [1.54, 1.807) is 12.1 Å². The van der Waals surface area contributed by atoms with Gasteiger partial charge in [0.1, 0.15) is 0 Å². The van der Waals surface area contributed by atoms with Gasteiger partial charge in [0, 0.05) is 0 Å². The minimum Gasteiger partial charge on any atom is -0.258 e. The van der Waals surface area contributed by atoms with E-state index in [2.05, 4.69) is 4.18 Å². The molecule has 0 saturated carbocycles. The zero-order valence-corrected chi connectivity index (χ0v) is 9.81. The van der Waals surface area contributed by atoms with Gasteiger partial charge < -0.3 is 0 Å². The molecule has 7 heteroatoms. The van der Waals surface area contributed by atoms with Crippen LogP contribution in [0.25, 0.3) is 0 Å². The van der Waals surface area contributed by atoms with E-state index in [-0.39, 0.29) is 0 Å². The molecular weight excluding hydrogens is 257 g/mol. The number of benzene rings is 1. The van der Waals surface area contributed by atoms with Crippen molar-refractivity contribution in [3.05, 3.63) is 35.4 Å². The highest BCUT2D eigenvalue weighted by Crippen LogP contribution is 2.25. The summed E-state index contributed by atoms with van der Waals surface area (Å²) in [4.78, 5) is 0. The normalized spacial score (nSPS) is 12.7. The highest BCUT2D eigenvalue weighted by atomic mass is 32.2. The first kappa shape index (κ1) is 14.0.